The Balaban J connectivity index is 2.29. The van der Waals surface area contributed by atoms with Crippen LogP contribution in [-0.2, 0) is 28.7 Å². The van der Waals surface area contributed by atoms with Crippen molar-refractivity contribution in [3.05, 3.63) is 47.8 Å². The summed E-state index contributed by atoms with van der Waals surface area (Å²) in [6.45, 7) is 4.99. The lowest BCUT2D eigenvalue weighted by Gasteiger charge is -2.21. The maximum absolute atomic E-state index is 13.0. The van der Waals surface area contributed by atoms with Gasteiger partial charge in [-0.1, -0.05) is 44.2 Å². The Morgan fingerprint density at radius 1 is 1.22 bits per heavy atom. The molecule has 0 aliphatic carbocycles. The van der Waals surface area contributed by atoms with Crippen LogP contribution in [0.5, 0.6) is 0 Å². The van der Waals surface area contributed by atoms with Crippen molar-refractivity contribution in [3.8, 4) is 0 Å². The van der Waals surface area contributed by atoms with Crippen molar-refractivity contribution in [2.75, 3.05) is 20.2 Å². The number of hydrogen-bond acceptors (Lipinski definition) is 6. The highest BCUT2D eigenvalue weighted by molar-refractivity contribution is 7.90. The van der Waals surface area contributed by atoms with E-state index in [4.69, 9.17) is 5.11 Å². The van der Waals surface area contributed by atoms with Gasteiger partial charge in [0.2, 0.25) is 15.0 Å². The Hall–Kier alpha value is -1.74. The molecule has 0 radical (unpaired) electrons. The number of imidazole rings is 1. The van der Waals surface area contributed by atoms with E-state index in [0.29, 0.717) is 13.1 Å². The molecule has 1 aromatic heterocycles. The minimum Gasteiger partial charge on any atom is -0.394 e. The van der Waals surface area contributed by atoms with E-state index in [1.165, 1.54) is 0 Å². The van der Waals surface area contributed by atoms with E-state index in [9.17, 15) is 13.5 Å². The second kappa shape index (κ2) is 9.45. The van der Waals surface area contributed by atoms with Gasteiger partial charge in [-0.15, -0.1) is 0 Å². The first-order valence-electron chi connectivity index (χ1n) is 9.01. The van der Waals surface area contributed by atoms with Crippen molar-refractivity contribution in [2.45, 2.75) is 44.0 Å². The van der Waals surface area contributed by atoms with E-state index in [1.54, 1.807) is 22.9 Å². The van der Waals surface area contributed by atoms with Gasteiger partial charge in [0.15, 0.2) is 0 Å². The van der Waals surface area contributed by atoms with Crippen molar-refractivity contribution < 1.29 is 18.6 Å². The maximum Gasteiger partial charge on any atom is 0.228 e. The smallest absolute Gasteiger partial charge is 0.228 e. The van der Waals surface area contributed by atoms with Crippen LogP contribution in [0.4, 0.5) is 0 Å². The van der Waals surface area contributed by atoms with Gasteiger partial charge in [-0.3, -0.25) is 4.90 Å². The quantitative estimate of drug-likeness (QED) is 0.630. The van der Waals surface area contributed by atoms with Gasteiger partial charge < -0.3 is 14.8 Å². The van der Waals surface area contributed by atoms with Crippen LogP contribution in [0, 0.1) is 5.92 Å². The summed E-state index contributed by atoms with van der Waals surface area (Å²) in [5.74, 6) is 0.151. The van der Waals surface area contributed by atoms with Crippen molar-refractivity contribution in [1.29, 1.82) is 0 Å². The molecule has 0 spiro atoms. The number of nitrogens with zero attached hydrogens (tertiary/aromatic N) is 3. The molecule has 7 nitrogen and oxygen atoms in total. The first-order valence-corrected chi connectivity index (χ1v) is 10.7. The summed E-state index contributed by atoms with van der Waals surface area (Å²) in [6, 6.07) is 9.07. The molecule has 2 N–H and O–H groups in total. The van der Waals surface area contributed by atoms with Gasteiger partial charge >= 0.3 is 0 Å². The second-order valence-electron chi connectivity index (χ2n) is 7.31. The summed E-state index contributed by atoms with van der Waals surface area (Å²) in [4.78, 5) is 6.06. The number of rotatable bonds is 10. The van der Waals surface area contributed by atoms with Crippen LogP contribution in [0.2, 0.25) is 0 Å². The van der Waals surface area contributed by atoms with Gasteiger partial charge in [-0.25, -0.2) is 13.4 Å². The zero-order valence-electron chi connectivity index (χ0n) is 16.1. The van der Waals surface area contributed by atoms with Crippen molar-refractivity contribution >= 4 is 9.84 Å². The molecule has 1 heterocycles. The first kappa shape index (κ1) is 21.6. The fraction of sp³-hybridized carbons (Fsp3) is 0.526. The van der Waals surface area contributed by atoms with E-state index in [-0.39, 0.29) is 30.0 Å². The SMILES string of the molecule is CC(C)Cn1c(CN(C)C[C@@H](O)CO)cnc1S(=O)(=O)Cc1ccccc1. The molecule has 0 aliphatic rings. The normalized spacial score (nSPS) is 13.4. The third-order valence-corrected chi connectivity index (χ3v) is 5.69. The standard InChI is InChI=1S/C19H29N3O4S/c1-15(2)10-22-17(11-21(3)12-18(24)13-23)9-20-19(22)27(25,26)14-16-7-5-4-6-8-16/h4-9,15,18,23-24H,10-14H2,1-3H3/t18-/m1/s1. The highest BCUT2D eigenvalue weighted by atomic mass is 32.2. The van der Waals surface area contributed by atoms with Gasteiger partial charge in [0.05, 0.1) is 30.4 Å². The first-order chi connectivity index (χ1) is 12.7. The fourth-order valence-electron chi connectivity index (χ4n) is 2.94. The predicted octanol–water partition coefficient (Wildman–Crippen LogP) is 1.30. The molecule has 0 aliphatic heterocycles. The van der Waals surface area contributed by atoms with E-state index < -0.39 is 15.9 Å². The van der Waals surface area contributed by atoms with Crippen LogP contribution in [0.25, 0.3) is 0 Å². The van der Waals surface area contributed by atoms with E-state index in [1.807, 2.05) is 44.0 Å². The van der Waals surface area contributed by atoms with Crippen molar-refractivity contribution in [1.82, 2.24) is 14.5 Å². The molecule has 2 aromatic rings. The number of aliphatic hydroxyl groups is 2. The molecule has 0 saturated heterocycles. The largest absolute Gasteiger partial charge is 0.394 e. The molecule has 0 amide bonds. The molecule has 2 rings (SSSR count). The summed E-state index contributed by atoms with van der Waals surface area (Å²) in [6.07, 6.45) is 0.750. The summed E-state index contributed by atoms with van der Waals surface area (Å²) >= 11 is 0. The van der Waals surface area contributed by atoms with Gasteiger partial charge in [-0.2, -0.15) is 0 Å². The topological polar surface area (TPSA) is 95.7 Å². The van der Waals surface area contributed by atoms with E-state index in [0.717, 1.165) is 11.3 Å². The number of benzene rings is 1. The third kappa shape index (κ3) is 6.14. The summed E-state index contributed by atoms with van der Waals surface area (Å²) < 4.78 is 27.7. The third-order valence-electron chi connectivity index (χ3n) is 4.09. The lowest BCUT2D eigenvalue weighted by molar-refractivity contribution is 0.0641. The molecule has 150 valence electrons. The molecule has 1 atom stereocenters. The van der Waals surface area contributed by atoms with Crippen LogP contribution in [-0.4, -0.2) is 59.4 Å². The molecule has 8 heteroatoms. The molecule has 0 unspecified atom stereocenters. The summed E-state index contributed by atoms with van der Waals surface area (Å²) in [5.41, 5.74) is 1.49. The second-order valence-corrected chi connectivity index (χ2v) is 9.20. The van der Waals surface area contributed by atoms with E-state index in [2.05, 4.69) is 4.98 Å². The van der Waals surface area contributed by atoms with E-state index >= 15 is 0 Å². The number of likely N-dealkylation sites (N-methyl/N-ethyl adjacent to an activating group) is 1. The average molecular weight is 396 g/mol. The lowest BCUT2D eigenvalue weighted by Crippen LogP contribution is -2.32. The van der Waals surface area contributed by atoms with Gasteiger partial charge in [0, 0.05) is 19.6 Å². The summed E-state index contributed by atoms with van der Waals surface area (Å²) in [5, 5.41) is 18.7. The van der Waals surface area contributed by atoms with Crippen molar-refractivity contribution in [3.63, 3.8) is 0 Å². The zero-order valence-corrected chi connectivity index (χ0v) is 16.9. The van der Waals surface area contributed by atoms with Crippen LogP contribution in [0.1, 0.15) is 25.1 Å². The highest BCUT2D eigenvalue weighted by Gasteiger charge is 2.25. The summed E-state index contributed by atoms with van der Waals surface area (Å²) in [7, 11) is -1.78. The molecule has 0 fully saturated rings. The molecule has 1 aromatic carbocycles. The van der Waals surface area contributed by atoms with Gasteiger partial charge in [0.25, 0.3) is 0 Å². The van der Waals surface area contributed by atoms with Crippen LogP contribution < -0.4 is 0 Å². The van der Waals surface area contributed by atoms with Gasteiger partial charge in [0.1, 0.15) is 0 Å². The number of sulfone groups is 1. The molecule has 0 saturated carbocycles. The van der Waals surface area contributed by atoms with Gasteiger partial charge in [-0.05, 0) is 18.5 Å². The molecular formula is C19H29N3O4S. The fourth-order valence-corrected chi connectivity index (χ4v) is 4.44. The monoisotopic (exact) mass is 395 g/mol. The zero-order chi connectivity index (χ0) is 20.0. The minimum absolute atomic E-state index is 0.0751. The van der Waals surface area contributed by atoms with Crippen LogP contribution in [0.15, 0.2) is 41.7 Å². The van der Waals surface area contributed by atoms with Crippen LogP contribution >= 0.6 is 0 Å². The number of aromatic nitrogens is 2. The Morgan fingerprint density at radius 3 is 2.48 bits per heavy atom. The molecular weight excluding hydrogens is 366 g/mol. The molecule has 27 heavy (non-hydrogen) atoms. The number of aliphatic hydroxyl groups excluding tert-OH is 2. The van der Waals surface area contributed by atoms with Crippen molar-refractivity contribution in [2.24, 2.45) is 5.92 Å². The Labute approximate surface area is 161 Å². The highest BCUT2D eigenvalue weighted by Crippen LogP contribution is 2.20. The number of hydrogen-bond donors (Lipinski definition) is 2. The lowest BCUT2D eigenvalue weighted by atomic mass is 10.2. The Kier molecular flexibility index (Phi) is 7.55. The average Bonchev–Trinajstić information content (AvgIpc) is 2.97. The minimum atomic E-state index is -3.59. The maximum atomic E-state index is 13.0. The predicted molar refractivity (Wildman–Crippen MR) is 104 cm³/mol. The Morgan fingerprint density at radius 2 is 1.89 bits per heavy atom. The van der Waals surface area contributed by atoms with Crippen LogP contribution in [0.3, 0.4) is 0 Å². The Bertz CT molecular complexity index is 819. The molecule has 0 bridgehead atoms.